The molecule has 0 bridgehead atoms. The Balaban J connectivity index is 2.17. The summed E-state index contributed by atoms with van der Waals surface area (Å²) in [6.07, 6.45) is 1.99. The van der Waals surface area contributed by atoms with E-state index in [1.54, 1.807) is 11.6 Å². The SMILES string of the molecule is Cc1nn(C(C)C)c(NCC2CCOCC2)c1[N+](=O)[O-]. The van der Waals surface area contributed by atoms with Gasteiger partial charge in [-0.25, -0.2) is 4.68 Å². The van der Waals surface area contributed by atoms with E-state index in [0.717, 1.165) is 32.6 Å². The second kappa shape index (κ2) is 6.21. The van der Waals surface area contributed by atoms with Crippen molar-refractivity contribution < 1.29 is 9.66 Å². The number of aryl methyl sites for hydroxylation is 1. The van der Waals surface area contributed by atoms with Crippen LogP contribution in [-0.2, 0) is 4.74 Å². The lowest BCUT2D eigenvalue weighted by molar-refractivity contribution is -0.384. The average Bonchev–Trinajstić information content (AvgIpc) is 2.74. The summed E-state index contributed by atoms with van der Waals surface area (Å²) in [5.41, 5.74) is 0.545. The summed E-state index contributed by atoms with van der Waals surface area (Å²) >= 11 is 0. The lowest BCUT2D eigenvalue weighted by Gasteiger charge is -2.23. The lowest BCUT2D eigenvalue weighted by atomic mass is 10.0. The second-order valence-corrected chi connectivity index (χ2v) is 5.51. The van der Waals surface area contributed by atoms with Gasteiger partial charge in [0, 0.05) is 25.8 Å². The second-order valence-electron chi connectivity index (χ2n) is 5.51. The zero-order valence-corrected chi connectivity index (χ0v) is 12.3. The van der Waals surface area contributed by atoms with Crippen molar-refractivity contribution in [2.75, 3.05) is 25.1 Å². The Labute approximate surface area is 118 Å². The number of aromatic nitrogens is 2. The normalized spacial score (nSPS) is 16.6. The molecule has 20 heavy (non-hydrogen) atoms. The smallest absolute Gasteiger partial charge is 0.333 e. The molecule has 2 heterocycles. The predicted octanol–water partition coefficient (Wildman–Crippen LogP) is 2.52. The Hall–Kier alpha value is -1.63. The van der Waals surface area contributed by atoms with E-state index in [4.69, 9.17) is 4.74 Å². The van der Waals surface area contributed by atoms with Gasteiger partial charge in [0.25, 0.3) is 0 Å². The van der Waals surface area contributed by atoms with Crippen LogP contribution in [0.15, 0.2) is 0 Å². The summed E-state index contributed by atoms with van der Waals surface area (Å²) in [4.78, 5) is 10.9. The van der Waals surface area contributed by atoms with E-state index >= 15 is 0 Å². The molecular formula is C13H22N4O3. The molecule has 1 aromatic heterocycles. The van der Waals surface area contributed by atoms with Gasteiger partial charge in [-0.15, -0.1) is 0 Å². The fourth-order valence-electron chi connectivity index (χ4n) is 2.49. The number of rotatable bonds is 5. The molecule has 1 aliphatic heterocycles. The van der Waals surface area contributed by atoms with Gasteiger partial charge in [-0.2, -0.15) is 5.10 Å². The average molecular weight is 282 g/mol. The van der Waals surface area contributed by atoms with Gasteiger partial charge in [-0.05, 0) is 39.5 Å². The van der Waals surface area contributed by atoms with Crippen molar-refractivity contribution >= 4 is 11.5 Å². The van der Waals surface area contributed by atoms with Crippen molar-refractivity contribution in [1.82, 2.24) is 9.78 Å². The molecule has 0 saturated carbocycles. The molecule has 0 spiro atoms. The monoisotopic (exact) mass is 282 g/mol. The lowest BCUT2D eigenvalue weighted by Crippen LogP contribution is -2.24. The molecule has 7 nitrogen and oxygen atoms in total. The summed E-state index contributed by atoms with van der Waals surface area (Å²) in [6, 6.07) is 0.0830. The quantitative estimate of drug-likeness (QED) is 0.663. The van der Waals surface area contributed by atoms with Crippen LogP contribution in [0.3, 0.4) is 0 Å². The van der Waals surface area contributed by atoms with Crippen LogP contribution < -0.4 is 5.32 Å². The molecule has 1 aliphatic rings. The maximum Gasteiger partial charge on any atom is 0.333 e. The minimum Gasteiger partial charge on any atom is -0.381 e. The number of nitrogens with zero attached hydrogens (tertiary/aromatic N) is 3. The zero-order chi connectivity index (χ0) is 14.7. The van der Waals surface area contributed by atoms with Crippen molar-refractivity contribution in [2.24, 2.45) is 5.92 Å². The molecule has 1 N–H and O–H groups in total. The molecule has 0 aliphatic carbocycles. The summed E-state index contributed by atoms with van der Waals surface area (Å²) in [6.45, 7) is 7.89. The van der Waals surface area contributed by atoms with E-state index in [2.05, 4.69) is 10.4 Å². The molecule has 1 saturated heterocycles. The highest BCUT2D eigenvalue weighted by Gasteiger charge is 2.27. The number of anilines is 1. The third-order valence-electron chi connectivity index (χ3n) is 3.62. The molecule has 7 heteroatoms. The Morgan fingerprint density at radius 1 is 1.50 bits per heavy atom. The van der Waals surface area contributed by atoms with E-state index in [9.17, 15) is 10.1 Å². The Morgan fingerprint density at radius 2 is 2.15 bits per heavy atom. The Kier molecular flexibility index (Phi) is 4.59. The van der Waals surface area contributed by atoms with Crippen molar-refractivity contribution in [3.63, 3.8) is 0 Å². The summed E-state index contributed by atoms with van der Waals surface area (Å²) < 4.78 is 7.03. The number of hydrogen-bond acceptors (Lipinski definition) is 5. The molecule has 1 aromatic rings. The minimum atomic E-state index is -0.354. The largest absolute Gasteiger partial charge is 0.381 e. The third kappa shape index (κ3) is 3.09. The van der Waals surface area contributed by atoms with Crippen LogP contribution in [0.5, 0.6) is 0 Å². The zero-order valence-electron chi connectivity index (χ0n) is 12.3. The van der Waals surface area contributed by atoms with Gasteiger partial charge < -0.3 is 10.1 Å². The molecular weight excluding hydrogens is 260 g/mol. The van der Waals surface area contributed by atoms with E-state index in [0.29, 0.717) is 17.4 Å². The molecule has 0 amide bonds. The van der Waals surface area contributed by atoms with Gasteiger partial charge in [-0.3, -0.25) is 10.1 Å². The molecule has 2 rings (SSSR count). The first kappa shape index (κ1) is 14.8. The molecule has 0 aromatic carbocycles. The van der Waals surface area contributed by atoms with Crippen molar-refractivity contribution in [3.8, 4) is 0 Å². The van der Waals surface area contributed by atoms with Crippen molar-refractivity contribution in [3.05, 3.63) is 15.8 Å². The minimum absolute atomic E-state index is 0.0830. The number of ether oxygens (including phenoxy) is 1. The maximum atomic E-state index is 11.2. The fourth-order valence-corrected chi connectivity index (χ4v) is 2.49. The molecule has 0 radical (unpaired) electrons. The van der Waals surface area contributed by atoms with Gasteiger partial charge in [0.1, 0.15) is 5.69 Å². The van der Waals surface area contributed by atoms with Gasteiger partial charge in [-0.1, -0.05) is 0 Å². The van der Waals surface area contributed by atoms with Gasteiger partial charge in [0.05, 0.1) is 4.92 Å². The molecule has 1 fully saturated rings. The van der Waals surface area contributed by atoms with Gasteiger partial charge in [0.2, 0.25) is 5.82 Å². The predicted molar refractivity (Wildman–Crippen MR) is 76.0 cm³/mol. The Bertz CT molecular complexity index is 478. The highest BCUT2D eigenvalue weighted by molar-refractivity contribution is 5.59. The van der Waals surface area contributed by atoms with Crippen LogP contribution in [0.25, 0.3) is 0 Å². The van der Waals surface area contributed by atoms with Crippen LogP contribution >= 0.6 is 0 Å². The number of nitrogens with one attached hydrogen (secondary N) is 1. The first-order valence-corrected chi connectivity index (χ1v) is 7.05. The third-order valence-corrected chi connectivity index (χ3v) is 3.62. The molecule has 0 unspecified atom stereocenters. The van der Waals surface area contributed by atoms with Crippen molar-refractivity contribution in [2.45, 2.75) is 39.7 Å². The van der Waals surface area contributed by atoms with E-state index < -0.39 is 0 Å². The van der Waals surface area contributed by atoms with Crippen molar-refractivity contribution in [1.29, 1.82) is 0 Å². The standard InChI is InChI=1S/C13H22N4O3/c1-9(2)16-13(12(17(18)19)10(3)15-16)14-8-11-4-6-20-7-5-11/h9,11,14H,4-8H2,1-3H3. The van der Waals surface area contributed by atoms with Gasteiger partial charge >= 0.3 is 5.69 Å². The van der Waals surface area contributed by atoms with Crippen LogP contribution in [0.4, 0.5) is 11.5 Å². The Morgan fingerprint density at radius 3 is 2.70 bits per heavy atom. The van der Waals surface area contributed by atoms with E-state index in [1.165, 1.54) is 0 Å². The van der Waals surface area contributed by atoms with Crippen LogP contribution in [0.2, 0.25) is 0 Å². The van der Waals surface area contributed by atoms with E-state index in [-0.39, 0.29) is 16.7 Å². The highest BCUT2D eigenvalue weighted by atomic mass is 16.6. The topological polar surface area (TPSA) is 82.2 Å². The number of hydrogen-bond donors (Lipinski definition) is 1. The van der Waals surface area contributed by atoms with Crippen LogP contribution in [-0.4, -0.2) is 34.5 Å². The van der Waals surface area contributed by atoms with Gasteiger partial charge in [0.15, 0.2) is 0 Å². The number of nitro groups is 1. The van der Waals surface area contributed by atoms with Crippen LogP contribution in [0.1, 0.15) is 38.4 Å². The molecule has 112 valence electrons. The summed E-state index contributed by atoms with van der Waals surface area (Å²) in [7, 11) is 0. The fraction of sp³-hybridized carbons (Fsp3) is 0.769. The molecule has 0 atom stereocenters. The summed E-state index contributed by atoms with van der Waals surface area (Å²) in [5.74, 6) is 1.02. The first-order valence-electron chi connectivity index (χ1n) is 7.05. The summed E-state index contributed by atoms with van der Waals surface area (Å²) in [5, 5.41) is 18.7. The maximum absolute atomic E-state index is 11.2. The van der Waals surface area contributed by atoms with Crippen LogP contribution in [0, 0.1) is 23.0 Å². The van der Waals surface area contributed by atoms with E-state index in [1.807, 2.05) is 13.8 Å². The first-order chi connectivity index (χ1) is 9.50. The highest BCUT2D eigenvalue weighted by Crippen LogP contribution is 2.31.